The molecule has 0 spiro atoms. The van der Waals surface area contributed by atoms with Crippen LogP contribution in [0.1, 0.15) is 27.2 Å². The van der Waals surface area contributed by atoms with Gasteiger partial charge < -0.3 is 5.32 Å². The number of sulfone groups is 1. The molecule has 1 aromatic carbocycles. The number of halogens is 2. The first-order valence-corrected chi connectivity index (χ1v) is 9.13. The molecule has 0 saturated heterocycles. The molecule has 0 aliphatic heterocycles. The van der Waals surface area contributed by atoms with Gasteiger partial charge in [0, 0.05) is 6.04 Å². The van der Waals surface area contributed by atoms with Gasteiger partial charge in [0.15, 0.2) is 9.84 Å². The SMILES string of the molecule is CCNC(CS(=O)(=O)c1ccc(Cl)c(Cl)c1)C(C)CC. The Morgan fingerprint density at radius 3 is 2.35 bits per heavy atom. The van der Waals surface area contributed by atoms with Gasteiger partial charge in [-0.3, -0.25) is 0 Å². The summed E-state index contributed by atoms with van der Waals surface area (Å²) in [6.07, 6.45) is 0.925. The predicted octanol–water partition coefficient (Wildman–Crippen LogP) is 3.79. The highest BCUT2D eigenvalue weighted by atomic mass is 35.5. The quantitative estimate of drug-likeness (QED) is 0.823. The van der Waals surface area contributed by atoms with Crippen LogP contribution in [-0.2, 0) is 9.84 Å². The lowest BCUT2D eigenvalue weighted by molar-refractivity contribution is 0.398. The second-order valence-electron chi connectivity index (χ2n) is 4.91. The molecule has 20 heavy (non-hydrogen) atoms. The summed E-state index contributed by atoms with van der Waals surface area (Å²) in [5.74, 6) is 0.348. The van der Waals surface area contributed by atoms with Crippen molar-refractivity contribution in [3.63, 3.8) is 0 Å². The minimum atomic E-state index is -3.38. The van der Waals surface area contributed by atoms with E-state index in [9.17, 15) is 8.42 Å². The average Bonchev–Trinajstić information content (AvgIpc) is 2.40. The van der Waals surface area contributed by atoms with Crippen LogP contribution in [0.5, 0.6) is 0 Å². The number of rotatable bonds is 7. The molecule has 1 aromatic rings. The van der Waals surface area contributed by atoms with Gasteiger partial charge in [0.2, 0.25) is 0 Å². The Hall–Kier alpha value is -0.290. The first-order valence-electron chi connectivity index (χ1n) is 6.73. The summed E-state index contributed by atoms with van der Waals surface area (Å²) in [6.45, 7) is 6.82. The van der Waals surface area contributed by atoms with Crippen LogP contribution >= 0.6 is 23.2 Å². The van der Waals surface area contributed by atoms with Gasteiger partial charge in [-0.25, -0.2) is 8.42 Å². The Kier molecular flexibility index (Phi) is 6.79. The second kappa shape index (κ2) is 7.64. The molecule has 2 unspecified atom stereocenters. The Morgan fingerprint density at radius 2 is 1.85 bits per heavy atom. The van der Waals surface area contributed by atoms with Crippen molar-refractivity contribution in [1.82, 2.24) is 5.32 Å². The molecule has 0 aliphatic carbocycles. The van der Waals surface area contributed by atoms with E-state index in [0.717, 1.165) is 13.0 Å². The van der Waals surface area contributed by atoms with Crippen molar-refractivity contribution in [1.29, 1.82) is 0 Å². The Balaban J connectivity index is 2.99. The fraction of sp³-hybridized carbons (Fsp3) is 0.571. The average molecular weight is 338 g/mol. The molecule has 0 fully saturated rings. The van der Waals surface area contributed by atoms with Gasteiger partial charge in [-0.05, 0) is 30.7 Å². The number of benzene rings is 1. The van der Waals surface area contributed by atoms with E-state index in [1.807, 2.05) is 6.92 Å². The fourth-order valence-electron chi connectivity index (χ4n) is 1.97. The van der Waals surface area contributed by atoms with Gasteiger partial charge in [0.1, 0.15) is 0 Å². The van der Waals surface area contributed by atoms with Crippen LogP contribution < -0.4 is 5.32 Å². The lowest BCUT2D eigenvalue weighted by Crippen LogP contribution is -2.40. The van der Waals surface area contributed by atoms with E-state index in [2.05, 4.69) is 19.2 Å². The summed E-state index contributed by atoms with van der Waals surface area (Å²) in [6, 6.07) is 4.37. The number of hydrogen-bond donors (Lipinski definition) is 1. The maximum Gasteiger partial charge on any atom is 0.179 e. The van der Waals surface area contributed by atoms with Crippen LogP contribution in [0.2, 0.25) is 10.0 Å². The molecule has 0 radical (unpaired) electrons. The molecule has 0 amide bonds. The van der Waals surface area contributed by atoms with Crippen LogP contribution in [-0.4, -0.2) is 26.8 Å². The highest BCUT2D eigenvalue weighted by molar-refractivity contribution is 7.91. The zero-order valence-electron chi connectivity index (χ0n) is 12.0. The number of nitrogens with one attached hydrogen (secondary N) is 1. The van der Waals surface area contributed by atoms with Crippen LogP contribution in [0.15, 0.2) is 23.1 Å². The van der Waals surface area contributed by atoms with Crippen molar-refractivity contribution < 1.29 is 8.42 Å². The summed E-state index contributed by atoms with van der Waals surface area (Å²) in [5.41, 5.74) is 0. The minimum absolute atomic E-state index is 0.0633. The smallest absolute Gasteiger partial charge is 0.179 e. The Bertz CT molecular complexity index is 546. The topological polar surface area (TPSA) is 46.2 Å². The van der Waals surface area contributed by atoms with Gasteiger partial charge in [-0.1, -0.05) is 50.4 Å². The molecular weight excluding hydrogens is 317 g/mol. The molecule has 114 valence electrons. The van der Waals surface area contributed by atoms with E-state index in [-0.39, 0.29) is 27.6 Å². The summed E-state index contributed by atoms with van der Waals surface area (Å²) < 4.78 is 24.9. The summed E-state index contributed by atoms with van der Waals surface area (Å²) >= 11 is 11.7. The third-order valence-electron chi connectivity index (χ3n) is 3.45. The fourth-order valence-corrected chi connectivity index (χ4v) is 4.02. The molecule has 3 nitrogen and oxygen atoms in total. The minimum Gasteiger partial charge on any atom is -0.313 e. The molecule has 1 N–H and O–H groups in total. The summed E-state index contributed by atoms with van der Waals surface area (Å²) in [5, 5.41) is 3.86. The summed E-state index contributed by atoms with van der Waals surface area (Å²) in [7, 11) is -3.38. The Morgan fingerprint density at radius 1 is 1.20 bits per heavy atom. The van der Waals surface area contributed by atoms with E-state index in [1.165, 1.54) is 18.2 Å². The van der Waals surface area contributed by atoms with Crippen molar-refractivity contribution in [2.75, 3.05) is 12.3 Å². The molecule has 0 saturated carbocycles. The first kappa shape index (κ1) is 17.8. The van der Waals surface area contributed by atoms with Crippen molar-refractivity contribution in [3.8, 4) is 0 Å². The van der Waals surface area contributed by atoms with Crippen LogP contribution in [0, 0.1) is 5.92 Å². The van der Waals surface area contributed by atoms with Crippen molar-refractivity contribution in [2.24, 2.45) is 5.92 Å². The standard InChI is InChI=1S/C14H21Cl2NO2S/c1-4-10(3)14(17-5-2)9-20(18,19)11-6-7-12(15)13(16)8-11/h6-8,10,14,17H,4-5,9H2,1-3H3. The highest BCUT2D eigenvalue weighted by Gasteiger charge is 2.24. The monoisotopic (exact) mass is 337 g/mol. The predicted molar refractivity (Wildman–Crippen MR) is 85.4 cm³/mol. The second-order valence-corrected chi connectivity index (χ2v) is 7.76. The van der Waals surface area contributed by atoms with Gasteiger partial charge in [-0.15, -0.1) is 0 Å². The van der Waals surface area contributed by atoms with Gasteiger partial charge in [0.05, 0.1) is 20.7 Å². The lowest BCUT2D eigenvalue weighted by Gasteiger charge is -2.23. The molecule has 0 bridgehead atoms. The molecule has 0 heterocycles. The summed E-state index contributed by atoms with van der Waals surface area (Å²) in [4.78, 5) is 0.220. The van der Waals surface area contributed by atoms with Crippen LogP contribution in [0.3, 0.4) is 0 Å². The first-order chi connectivity index (χ1) is 9.31. The van der Waals surface area contributed by atoms with Crippen LogP contribution in [0.4, 0.5) is 0 Å². The van der Waals surface area contributed by atoms with E-state index in [4.69, 9.17) is 23.2 Å². The maximum absolute atomic E-state index is 12.5. The number of hydrogen-bond acceptors (Lipinski definition) is 3. The normalized spacial score (nSPS) is 15.1. The zero-order valence-corrected chi connectivity index (χ0v) is 14.3. The van der Waals surface area contributed by atoms with E-state index < -0.39 is 9.84 Å². The van der Waals surface area contributed by atoms with E-state index in [1.54, 1.807) is 0 Å². The third-order valence-corrected chi connectivity index (χ3v) is 5.96. The molecule has 0 aromatic heterocycles. The third kappa shape index (κ3) is 4.62. The van der Waals surface area contributed by atoms with Gasteiger partial charge in [0.25, 0.3) is 0 Å². The van der Waals surface area contributed by atoms with Gasteiger partial charge >= 0.3 is 0 Å². The molecule has 1 rings (SSSR count). The van der Waals surface area contributed by atoms with Crippen molar-refractivity contribution in [2.45, 2.75) is 38.1 Å². The van der Waals surface area contributed by atoms with Crippen molar-refractivity contribution >= 4 is 33.0 Å². The molecule has 0 aliphatic rings. The molecular formula is C14H21Cl2NO2S. The zero-order chi connectivity index (χ0) is 15.3. The highest BCUT2D eigenvalue weighted by Crippen LogP contribution is 2.26. The van der Waals surface area contributed by atoms with E-state index >= 15 is 0 Å². The van der Waals surface area contributed by atoms with Crippen LogP contribution in [0.25, 0.3) is 0 Å². The largest absolute Gasteiger partial charge is 0.313 e. The Labute approximate surface area is 131 Å². The van der Waals surface area contributed by atoms with E-state index in [0.29, 0.717) is 5.02 Å². The molecule has 6 heteroatoms. The van der Waals surface area contributed by atoms with Gasteiger partial charge in [-0.2, -0.15) is 0 Å². The van der Waals surface area contributed by atoms with Crippen molar-refractivity contribution in [3.05, 3.63) is 28.2 Å². The lowest BCUT2D eigenvalue weighted by atomic mass is 10.0. The molecule has 2 atom stereocenters. The maximum atomic E-state index is 12.5.